The van der Waals surface area contributed by atoms with Gasteiger partial charge in [-0.2, -0.15) is 0 Å². The first-order valence-electron chi connectivity index (χ1n) is 12.6. The fourth-order valence-electron chi connectivity index (χ4n) is 4.72. The molecular weight excluding hydrogens is 544 g/mol. The summed E-state index contributed by atoms with van der Waals surface area (Å²) in [4.78, 5) is 39.8. The zero-order valence-electron chi connectivity index (χ0n) is 21.2. The number of halogens is 1. The van der Waals surface area contributed by atoms with Crippen molar-refractivity contribution in [3.63, 3.8) is 0 Å². The Kier molecular flexibility index (Phi) is 8.97. The van der Waals surface area contributed by atoms with Crippen molar-refractivity contribution in [1.82, 2.24) is 4.90 Å². The van der Waals surface area contributed by atoms with Crippen LogP contribution in [0.3, 0.4) is 0 Å². The van der Waals surface area contributed by atoms with Gasteiger partial charge in [-0.05, 0) is 72.9 Å². The molecule has 1 heterocycles. The van der Waals surface area contributed by atoms with Crippen LogP contribution < -0.4 is 16.4 Å². The summed E-state index contributed by atoms with van der Waals surface area (Å²) >= 11 is 3.42. The van der Waals surface area contributed by atoms with Gasteiger partial charge in [0.05, 0.1) is 17.3 Å². The highest BCUT2D eigenvalue weighted by molar-refractivity contribution is 9.10. The average molecular weight is 576 g/mol. The minimum absolute atomic E-state index is 0.0156. The number of hydrogen-bond donors (Lipinski definition) is 3. The third kappa shape index (κ3) is 7.10. The largest absolute Gasteiger partial charge is 0.397 e. The normalized spacial score (nSPS) is 15.8. The van der Waals surface area contributed by atoms with Crippen molar-refractivity contribution in [2.24, 2.45) is 0 Å². The highest BCUT2D eigenvalue weighted by atomic mass is 79.9. The Morgan fingerprint density at radius 3 is 2.42 bits per heavy atom. The van der Waals surface area contributed by atoms with Gasteiger partial charge in [0.1, 0.15) is 0 Å². The molecule has 2 unspecified atom stereocenters. The topological polar surface area (TPSA) is 105 Å². The number of nitrogen functional groups attached to an aromatic ring is 1. The fraction of sp³-hybridized carbons (Fsp3) is 0.233. The molecule has 1 aliphatic heterocycles. The Hall–Kier alpha value is -3.91. The van der Waals surface area contributed by atoms with Crippen LogP contribution in [0.5, 0.6) is 0 Å². The van der Waals surface area contributed by atoms with Gasteiger partial charge in [-0.15, -0.1) is 0 Å². The lowest BCUT2D eigenvalue weighted by molar-refractivity contribution is -0.130. The van der Waals surface area contributed by atoms with Crippen LogP contribution in [0.2, 0.25) is 0 Å². The number of amides is 3. The molecule has 1 fully saturated rings. The maximum atomic E-state index is 13.5. The predicted octanol–water partition coefficient (Wildman–Crippen LogP) is 5.81. The molecule has 4 rings (SSSR count). The number of para-hydroxylation sites is 2. The first kappa shape index (κ1) is 27.1. The molecule has 7 nitrogen and oxygen atoms in total. The summed E-state index contributed by atoms with van der Waals surface area (Å²) in [5.41, 5.74) is 9.33. The van der Waals surface area contributed by atoms with Crippen LogP contribution in [0.25, 0.3) is 6.08 Å². The van der Waals surface area contributed by atoms with Gasteiger partial charge >= 0.3 is 0 Å². The van der Waals surface area contributed by atoms with Gasteiger partial charge in [-0.3, -0.25) is 14.4 Å². The summed E-state index contributed by atoms with van der Waals surface area (Å²) in [5, 5.41) is 5.79. The van der Waals surface area contributed by atoms with Gasteiger partial charge in [0.2, 0.25) is 17.7 Å². The van der Waals surface area contributed by atoms with Crippen LogP contribution in [0.15, 0.2) is 83.3 Å². The number of anilines is 3. The second kappa shape index (κ2) is 12.6. The summed E-state index contributed by atoms with van der Waals surface area (Å²) in [6.07, 6.45) is 5.51. The highest BCUT2D eigenvalue weighted by Gasteiger charge is 2.32. The molecule has 4 N–H and O–H groups in total. The smallest absolute Gasteiger partial charge is 0.248 e. The Labute approximate surface area is 231 Å². The molecule has 0 radical (unpaired) electrons. The maximum absolute atomic E-state index is 13.5. The number of nitrogens with zero attached hydrogens (tertiary/aromatic N) is 1. The molecule has 1 saturated heterocycles. The molecule has 8 heteroatoms. The number of carbonyl (C=O) groups excluding carboxylic acids is 3. The third-order valence-corrected chi connectivity index (χ3v) is 7.23. The van der Waals surface area contributed by atoms with Crippen molar-refractivity contribution >= 4 is 56.8 Å². The number of rotatable bonds is 8. The van der Waals surface area contributed by atoms with Crippen molar-refractivity contribution in [1.29, 1.82) is 0 Å². The lowest BCUT2D eigenvalue weighted by atomic mass is 9.89. The summed E-state index contributed by atoms with van der Waals surface area (Å²) in [7, 11) is 0. The molecule has 3 aromatic rings. The molecule has 0 spiro atoms. The van der Waals surface area contributed by atoms with Crippen molar-refractivity contribution < 1.29 is 14.4 Å². The van der Waals surface area contributed by atoms with Gasteiger partial charge in [0.15, 0.2) is 0 Å². The van der Waals surface area contributed by atoms with E-state index < -0.39 is 5.92 Å². The van der Waals surface area contributed by atoms with E-state index in [4.69, 9.17) is 5.73 Å². The van der Waals surface area contributed by atoms with Crippen LogP contribution in [-0.2, 0) is 14.4 Å². The van der Waals surface area contributed by atoms with Crippen LogP contribution in [0.1, 0.15) is 43.2 Å². The molecule has 1 aliphatic rings. The second-order valence-corrected chi connectivity index (χ2v) is 10.3. The molecule has 0 aliphatic carbocycles. The molecule has 3 amide bonds. The van der Waals surface area contributed by atoms with Crippen LogP contribution in [0.4, 0.5) is 17.1 Å². The SMILES string of the molecule is CC(=O)N1CCCC1CC(C(=O)Nc1ccc(Br)cc1)c1ccc(C=CC(=O)Nc2ccccc2N)cc1. The number of carbonyl (C=O) groups is 3. The van der Waals surface area contributed by atoms with Crippen molar-refractivity contribution in [3.8, 4) is 0 Å². The Balaban J connectivity index is 1.49. The minimum Gasteiger partial charge on any atom is -0.397 e. The quantitative estimate of drug-likeness (QED) is 0.233. The van der Waals surface area contributed by atoms with Crippen molar-refractivity contribution in [2.75, 3.05) is 22.9 Å². The van der Waals surface area contributed by atoms with Crippen molar-refractivity contribution in [2.45, 2.75) is 38.1 Å². The van der Waals surface area contributed by atoms with E-state index in [1.807, 2.05) is 53.4 Å². The van der Waals surface area contributed by atoms with Crippen LogP contribution >= 0.6 is 15.9 Å². The highest BCUT2D eigenvalue weighted by Crippen LogP contribution is 2.31. The molecule has 0 saturated carbocycles. The summed E-state index contributed by atoms with van der Waals surface area (Å²) < 4.78 is 0.930. The van der Waals surface area contributed by atoms with E-state index in [2.05, 4.69) is 26.6 Å². The first-order chi connectivity index (χ1) is 18.3. The Bertz CT molecular complexity index is 1320. The van der Waals surface area contributed by atoms with Crippen LogP contribution in [0, 0.1) is 0 Å². The lowest BCUT2D eigenvalue weighted by Crippen LogP contribution is -2.36. The van der Waals surface area contributed by atoms with E-state index in [0.717, 1.165) is 35.0 Å². The molecule has 3 aromatic carbocycles. The van der Waals surface area contributed by atoms with E-state index in [0.29, 0.717) is 23.5 Å². The predicted molar refractivity (Wildman–Crippen MR) is 155 cm³/mol. The molecule has 196 valence electrons. The van der Waals surface area contributed by atoms with Gasteiger partial charge < -0.3 is 21.3 Å². The van der Waals surface area contributed by atoms with Crippen molar-refractivity contribution in [3.05, 3.63) is 94.5 Å². The lowest BCUT2D eigenvalue weighted by Gasteiger charge is -2.27. The van der Waals surface area contributed by atoms with Gasteiger partial charge in [0, 0.05) is 35.7 Å². The van der Waals surface area contributed by atoms with E-state index in [9.17, 15) is 14.4 Å². The number of nitrogens with one attached hydrogen (secondary N) is 2. The molecule has 38 heavy (non-hydrogen) atoms. The zero-order valence-corrected chi connectivity index (χ0v) is 22.8. The Morgan fingerprint density at radius 2 is 1.74 bits per heavy atom. The van der Waals surface area contributed by atoms with Gasteiger partial charge in [-0.1, -0.05) is 52.3 Å². The average Bonchev–Trinajstić information content (AvgIpc) is 3.38. The van der Waals surface area contributed by atoms with E-state index >= 15 is 0 Å². The minimum atomic E-state index is -0.439. The standard InChI is InChI=1S/C30H31BrN4O3/c1-20(36)35-18-4-5-25(35)19-26(30(38)33-24-15-13-23(31)14-16-24)22-11-8-21(9-12-22)10-17-29(37)34-28-7-3-2-6-27(28)32/h2-3,6-17,25-26H,4-5,18-19,32H2,1H3,(H,33,38)(H,34,37). The number of hydrogen-bond acceptors (Lipinski definition) is 4. The molecule has 2 atom stereocenters. The van der Waals surface area contributed by atoms with Gasteiger partial charge in [0.25, 0.3) is 0 Å². The second-order valence-electron chi connectivity index (χ2n) is 9.37. The molecule has 0 aromatic heterocycles. The molecular formula is C30H31BrN4O3. The van der Waals surface area contributed by atoms with Crippen LogP contribution in [-0.4, -0.2) is 35.2 Å². The Morgan fingerprint density at radius 1 is 1.03 bits per heavy atom. The number of likely N-dealkylation sites (tertiary alicyclic amines) is 1. The maximum Gasteiger partial charge on any atom is 0.248 e. The summed E-state index contributed by atoms with van der Waals surface area (Å²) in [6, 6.07) is 22.1. The third-order valence-electron chi connectivity index (χ3n) is 6.70. The van der Waals surface area contributed by atoms with E-state index in [-0.39, 0.29) is 23.8 Å². The first-order valence-corrected chi connectivity index (χ1v) is 13.4. The fourth-order valence-corrected chi connectivity index (χ4v) is 4.99. The number of nitrogens with two attached hydrogens (primary N) is 1. The number of benzene rings is 3. The van der Waals surface area contributed by atoms with Gasteiger partial charge in [-0.25, -0.2) is 0 Å². The summed E-state index contributed by atoms with van der Waals surface area (Å²) in [5.74, 6) is -0.809. The van der Waals surface area contributed by atoms with E-state index in [1.165, 1.54) is 6.08 Å². The molecule has 0 bridgehead atoms. The monoisotopic (exact) mass is 574 g/mol. The summed E-state index contributed by atoms with van der Waals surface area (Å²) in [6.45, 7) is 2.31. The zero-order chi connectivity index (χ0) is 27.1. The van der Waals surface area contributed by atoms with E-state index in [1.54, 1.807) is 37.3 Å².